The minimum Gasteiger partial charge on any atom is -0.457 e. The van der Waals surface area contributed by atoms with Crippen molar-refractivity contribution < 1.29 is 9.53 Å². The molecule has 0 N–H and O–H groups in total. The first kappa shape index (κ1) is 11.3. The Morgan fingerprint density at radius 3 is 2.65 bits per heavy atom. The molecule has 0 bridgehead atoms. The van der Waals surface area contributed by atoms with Crippen molar-refractivity contribution in [3.05, 3.63) is 65.5 Å². The highest BCUT2D eigenvalue weighted by Crippen LogP contribution is 2.06. The molecule has 17 heavy (non-hydrogen) atoms. The molecule has 0 radical (unpaired) electrons. The molecule has 3 nitrogen and oxygen atoms in total. The maximum atomic E-state index is 11.6. The van der Waals surface area contributed by atoms with Crippen molar-refractivity contribution in [2.75, 3.05) is 0 Å². The van der Waals surface area contributed by atoms with Gasteiger partial charge in [-0.3, -0.25) is 4.98 Å². The van der Waals surface area contributed by atoms with Gasteiger partial charge >= 0.3 is 5.97 Å². The molecule has 0 fully saturated rings. The first-order chi connectivity index (χ1) is 8.25. The topological polar surface area (TPSA) is 39.2 Å². The second-order valence-electron chi connectivity index (χ2n) is 3.80. The summed E-state index contributed by atoms with van der Waals surface area (Å²) < 4.78 is 5.18. The van der Waals surface area contributed by atoms with E-state index in [9.17, 15) is 4.79 Å². The van der Waals surface area contributed by atoms with Gasteiger partial charge in [0.25, 0.3) is 0 Å². The van der Waals surface area contributed by atoms with E-state index in [0.717, 1.165) is 5.56 Å². The predicted octanol–water partition coefficient (Wildman–Crippen LogP) is 2.75. The van der Waals surface area contributed by atoms with Crippen LogP contribution in [0, 0.1) is 6.92 Å². The Kier molecular flexibility index (Phi) is 3.50. The SMILES string of the molecule is Cc1ccc(COC(=O)c2cccnc2)cc1. The van der Waals surface area contributed by atoms with E-state index in [0.29, 0.717) is 5.56 Å². The highest BCUT2D eigenvalue weighted by molar-refractivity contribution is 5.88. The molecular weight excluding hydrogens is 214 g/mol. The van der Waals surface area contributed by atoms with Crippen LogP contribution in [0.15, 0.2) is 48.8 Å². The Labute approximate surface area is 100 Å². The number of carbonyl (C=O) groups excluding carboxylic acids is 1. The van der Waals surface area contributed by atoms with Crippen molar-refractivity contribution in [2.24, 2.45) is 0 Å². The molecule has 2 aromatic rings. The van der Waals surface area contributed by atoms with Crippen molar-refractivity contribution in [1.82, 2.24) is 4.98 Å². The molecule has 0 unspecified atom stereocenters. The molecule has 0 aliphatic heterocycles. The van der Waals surface area contributed by atoms with Crippen LogP contribution >= 0.6 is 0 Å². The highest BCUT2D eigenvalue weighted by atomic mass is 16.5. The van der Waals surface area contributed by atoms with Crippen LogP contribution in [0.3, 0.4) is 0 Å². The summed E-state index contributed by atoms with van der Waals surface area (Å²) in [6.07, 6.45) is 3.12. The van der Waals surface area contributed by atoms with E-state index in [1.165, 1.54) is 11.8 Å². The second kappa shape index (κ2) is 5.25. The molecule has 1 heterocycles. The van der Waals surface area contributed by atoms with Crippen molar-refractivity contribution in [1.29, 1.82) is 0 Å². The van der Waals surface area contributed by atoms with Crippen LogP contribution in [-0.4, -0.2) is 11.0 Å². The van der Waals surface area contributed by atoms with E-state index in [4.69, 9.17) is 4.74 Å². The summed E-state index contributed by atoms with van der Waals surface area (Å²) in [7, 11) is 0. The number of pyridine rings is 1. The molecular formula is C14H13NO2. The molecule has 0 aliphatic rings. The van der Waals surface area contributed by atoms with Crippen molar-refractivity contribution in [3.63, 3.8) is 0 Å². The summed E-state index contributed by atoms with van der Waals surface area (Å²) in [6, 6.07) is 11.3. The lowest BCUT2D eigenvalue weighted by Gasteiger charge is -2.04. The van der Waals surface area contributed by atoms with E-state index in [1.807, 2.05) is 31.2 Å². The average molecular weight is 227 g/mol. The predicted molar refractivity (Wildman–Crippen MR) is 64.5 cm³/mol. The Hall–Kier alpha value is -2.16. The number of nitrogens with zero attached hydrogens (tertiary/aromatic N) is 1. The fraction of sp³-hybridized carbons (Fsp3) is 0.143. The minimum absolute atomic E-state index is 0.286. The summed E-state index contributed by atoms with van der Waals surface area (Å²) >= 11 is 0. The number of hydrogen-bond acceptors (Lipinski definition) is 3. The molecule has 1 aromatic carbocycles. The molecule has 0 atom stereocenters. The normalized spacial score (nSPS) is 9.94. The van der Waals surface area contributed by atoms with Crippen LogP contribution in [0.2, 0.25) is 0 Å². The van der Waals surface area contributed by atoms with Crippen LogP contribution in [0.5, 0.6) is 0 Å². The van der Waals surface area contributed by atoms with Gasteiger partial charge in [0.05, 0.1) is 5.56 Å². The molecule has 2 rings (SSSR count). The van der Waals surface area contributed by atoms with Gasteiger partial charge < -0.3 is 4.74 Å². The molecule has 86 valence electrons. The number of esters is 1. The third-order valence-corrected chi connectivity index (χ3v) is 2.39. The Morgan fingerprint density at radius 1 is 1.24 bits per heavy atom. The standard InChI is InChI=1S/C14H13NO2/c1-11-4-6-12(7-5-11)10-17-14(16)13-3-2-8-15-9-13/h2-9H,10H2,1H3. The molecule has 3 heteroatoms. The van der Waals surface area contributed by atoms with E-state index in [1.54, 1.807) is 18.3 Å². The van der Waals surface area contributed by atoms with E-state index in [2.05, 4.69) is 4.98 Å². The molecule has 0 saturated carbocycles. The summed E-state index contributed by atoms with van der Waals surface area (Å²) in [6.45, 7) is 2.30. The van der Waals surface area contributed by atoms with Gasteiger partial charge in [-0.15, -0.1) is 0 Å². The van der Waals surface area contributed by atoms with Crippen LogP contribution < -0.4 is 0 Å². The maximum absolute atomic E-state index is 11.6. The van der Waals surface area contributed by atoms with Crippen molar-refractivity contribution in [3.8, 4) is 0 Å². The summed E-state index contributed by atoms with van der Waals surface area (Å²) in [5.41, 5.74) is 2.64. The zero-order chi connectivity index (χ0) is 12.1. The largest absolute Gasteiger partial charge is 0.457 e. The van der Waals surface area contributed by atoms with Gasteiger partial charge in [-0.05, 0) is 24.6 Å². The first-order valence-electron chi connectivity index (χ1n) is 5.38. The quantitative estimate of drug-likeness (QED) is 0.757. The summed E-state index contributed by atoms with van der Waals surface area (Å²) in [5, 5.41) is 0. The molecule has 1 aromatic heterocycles. The molecule has 0 spiro atoms. The molecule has 0 saturated heterocycles. The number of carbonyl (C=O) groups is 1. The zero-order valence-corrected chi connectivity index (χ0v) is 9.59. The lowest BCUT2D eigenvalue weighted by atomic mass is 10.2. The van der Waals surface area contributed by atoms with Crippen LogP contribution in [0.25, 0.3) is 0 Å². The number of ether oxygens (including phenoxy) is 1. The molecule has 0 amide bonds. The average Bonchev–Trinajstić information content (AvgIpc) is 2.39. The van der Waals surface area contributed by atoms with Crippen LogP contribution in [-0.2, 0) is 11.3 Å². The zero-order valence-electron chi connectivity index (χ0n) is 9.59. The smallest absolute Gasteiger partial charge is 0.340 e. The second-order valence-corrected chi connectivity index (χ2v) is 3.80. The van der Waals surface area contributed by atoms with Crippen LogP contribution in [0.4, 0.5) is 0 Å². The fourth-order valence-electron chi connectivity index (χ4n) is 1.40. The van der Waals surface area contributed by atoms with Gasteiger partial charge in [0.15, 0.2) is 0 Å². The van der Waals surface area contributed by atoms with Gasteiger partial charge in [-0.2, -0.15) is 0 Å². The van der Waals surface area contributed by atoms with Gasteiger partial charge in [-0.1, -0.05) is 29.8 Å². The monoisotopic (exact) mass is 227 g/mol. The van der Waals surface area contributed by atoms with Gasteiger partial charge in [-0.25, -0.2) is 4.79 Å². The number of rotatable bonds is 3. The van der Waals surface area contributed by atoms with Gasteiger partial charge in [0, 0.05) is 12.4 Å². The Bertz CT molecular complexity index is 491. The number of aryl methyl sites for hydroxylation is 1. The van der Waals surface area contributed by atoms with Crippen molar-refractivity contribution in [2.45, 2.75) is 13.5 Å². The highest BCUT2D eigenvalue weighted by Gasteiger charge is 2.06. The third-order valence-electron chi connectivity index (χ3n) is 2.39. The minimum atomic E-state index is -0.348. The number of aromatic nitrogens is 1. The lowest BCUT2D eigenvalue weighted by molar-refractivity contribution is 0.0472. The number of benzene rings is 1. The van der Waals surface area contributed by atoms with Gasteiger partial charge in [0.1, 0.15) is 6.61 Å². The maximum Gasteiger partial charge on any atom is 0.340 e. The number of hydrogen-bond donors (Lipinski definition) is 0. The van der Waals surface area contributed by atoms with E-state index >= 15 is 0 Å². The van der Waals surface area contributed by atoms with Crippen molar-refractivity contribution >= 4 is 5.97 Å². The molecule has 0 aliphatic carbocycles. The fourth-order valence-corrected chi connectivity index (χ4v) is 1.40. The van der Waals surface area contributed by atoms with Crippen LogP contribution in [0.1, 0.15) is 21.5 Å². The summed E-state index contributed by atoms with van der Waals surface area (Å²) in [4.78, 5) is 15.5. The third kappa shape index (κ3) is 3.14. The van der Waals surface area contributed by atoms with E-state index < -0.39 is 0 Å². The summed E-state index contributed by atoms with van der Waals surface area (Å²) in [5.74, 6) is -0.348. The van der Waals surface area contributed by atoms with Gasteiger partial charge in [0.2, 0.25) is 0 Å². The Balaban J connectivity index is 1.95. The lowest BCUT2D eigenvalue weighted by Crippen LogP contribution is -2.05. The first-order valence-corrected chi connectivity index (χ1v) is 5.38. The Morgan fingerprint density at radius 2 is 2.00 bits per heavy atom. The van der Waals surface area contributed by atoms with E-state index in [-0.39, 0.29) is 12.6 Å².